The molecular weight excluding hydrogens is 194 g/mol. The Bertz CT molecular complexity index is 313. The fraction of sp³-hybridized carbons (Fsp3) is 0.600. The molecule has 1 aromatic rings. The molecule has 0 amide bonds. The predicted molar refractivity (Wildman–Crippen MR) is 70.9 cm³/mol. The second-order valence-corrected chi connectivity index (χ2v) is 4.94. The number of hydrogen-bond donors (Lipinski definition) is 1. The van der Waals surface area contributed by atoms with Gasteiger partial charge < -0.3 is 5.32 Å². The van der Waals surface area contributed by atoms with Crippen LogP contribution < -0.4 is 5.32 Å². The maximum absolute atomic E-state index is 3.64. The molecule has 1 aromatic carbocycles. The van der Waals surface area contributed by atoms with Crippen LogP contribution in [-0.4, -0.2) is 6.54 Å². The van der Waals surface area contributed by atoms with Crippen LogP contribution in [0.2, 0.25) is 0 Å². The van der Waals surface area contributed by atoms with E-state index in [0.29, 0.717) is 0 Å². The smallest absolute Gasteiger partial charge is 0.0372 e. The lowest BCUT2D eigenvalue weighted by Gasteiger charge is -2.14. The third-order valence-corrected chi connectivity index (χ3v) is 3.59. The van der Waals surface area contributed by atoms with Crippen LogP contribution in [0.5, 0.6) is 0 Å². The van der Waals surface area contributed by atoms with E-state index in [9.17, 15) is 0 Å². The molecule has 1 aliphatic carbocycles. The van der Waals surface area contributed by atoms with E-state index in [1.165, 1.54) is 56.3 Å². The van der Waals surface area contributed by atoms with Crippen molar-refractivity contribution in [2.75, 3.05) is 11.9 Å². The standard InChI is InChI=1S/C15H23N/c1-2-7-14-10-5-6-11-15(14)16-12-13-8-3-4-9-13/h5-6,10-11,13,16H,2-4,7-9,12H2,1H3. The average Bonchev–Trinajstić information content (AvgIpc) is 2.81. The fourth-order valence-electron chi connectivity index (χ4n) is 2.65. The van der Waals surface area contributed by atoms with E-state index in [2.05, 4.69) is 36.5 Å². The first-order valence-corrected chi connectivity index (χ1v) is 6.72. The fourth-order valence-corrected chi connectivity index (χ4v) is 2.65. The van der Waals surface area contributed by atoms with Crippen LogP contribution in [0.1, 0.15) is 44.6 Å². The molecular formula is C15H23N. The van der Waals surface area contributed by atoms with Gasteiger partial charge in [0, 0.05) is 12.2 Å². The Labute approximate surface area is 99.3 Å². The van der Waals surface area contributed by atoms with Crippen LogP contribution in [0.25, 0.3) is 0 Å². The molecule has 0 spiro atoms. The molecule has 0 heterocycles. The second-order valence-electron chi connectivity index (χ2n) is 4.94. The molecule has 1 aliphatic rings. The van der Waals surface area contributed by atoms with E-state index in [0.717, 1.165) is 5.92 Å². The van der Waals surface area contributed by atoms with Gasteiger partial charge >= 0.3 is 0 Å². The van der Waals surface area contributed by atoms with Gasteiger partial charge in [-0.1, -0.05) is 44.4 Å². The lowest BCUT2D eigenvalue weighted by atomic mass is 10.1. The van der Waals surface area contributed by atoms with Gasteiger partial charge in [-0.05, 0) is 36.8 Å². The number of benzene rings is 1. The first-order chi connectivity index (χ1) is 7.90. The lowest BCUT2D eigenvalue weighted by molar-refractivity contribution is 0.579. The van der Waals surface area contributed by atoms with Crippen molar-refractivity contribution in [3.63, 3.8) is 0 Å². The van der Waals surface area contributed by atoms with E-state index in [1.54, 1.807) is 0 Å². The molecule has 0 bridgehead atoms. The Morgan fingerprint density at radius 1 is 1.19 bits per heavy atom. The topological polar surface area (TPSA) is 12.0 Å². The summed E-state index contributed by atoms with van der Waals surface area (Å²) < 4.78 is 0. The number of hydrogen-bond acceptors (Lipinski definition) is 1. The van der Waals surface area contributed by atoms with Crippen LogP contribution >= 0.6 is 0 Å². The highest BCUT2D eigenvalue weighted by Gasteiger charge is 2.14. The SMILES string of the molecule is CCCc1ccccc1NCC1CCCC1. The number of rotatable bonds is 5. The number of aryl methyl sites for hydroxylation is 1. The molecule has 0 aliphatic heterocycles. The zero-order valence-corrected chi connectivity index (χ0v) is 10.3. The van der Waals surface area contributed by atoms with Crippen LogP contribution in [0.15, 0.2) is 24.3 Å². The minimum Gasteiger partial charge on any atom is -0.385 e. The Morgan fingerprint density at radius 2 is 1.94 bits per heavy atom. The van der Waals surface area contributed by atoms with Crippen molar-refractivity contribution in [3.8, 4) is 0 Å². The molecule has 1 nitrogen and oxygen atoms in total. The molecule has 16 heavy (non-hydrogen) atoms. The highest BCUT2D eigenvalue weighted by atomic mass is 14.9. The van der Waals surface area contributed by atoms with E-state index in [1.807, 2.05) is 0 Å². The summed E-state index contributed by atoms with van der Waals surface area (Å²) in [6.07, 6.45) is 8.12. The summed E-state index contributed by atoms with van der Waals surface area (Å²) >= 11 is 0. The van der Waals surface area contributed by atoms with Gasteiger partial charge in [0.15, 0.2) is 0 Å². The monoisotopic (exact) mass is 217 g/mol. The van der Waals surface area contributed by atoms with E-state index in [4.69, 9.17) is 0 Å². The first kappa shape index (κ1) is 11.5. The van der Waals surface area contributed by atoms with Crippen LogP contribution in [0.4, 0.5) is 5.69 Å². The maximum atomic E-state index is 3.64. The maximum Gasteiger partial charge on any atom is 0.0372 e. The van der Waals surface area contributed by atoms with Crippen LogP contribution in [0, 0.1) is 5.92 Å². The van der Waals surface area contributed by atoms with Gasteiger partial charge in [-0.3, -0.25) is 0 Å². The third kappa shape index (κ3) is 3.01. The largest absolute Gasteiger partial charge is 0.385 e. The van der Waals surface area contributed by atoms with Crippen molar-refractivity contribution >= 4 is 5.69 Å². The van der Waals surface area contributed by atoms with Crippen molar-refractivity contribution in [2.45, 2.75) is 45.4 Å². The Balaban J connectivity index is 1.91. The predicted octanol–water partition coefficient (Wildman–Crippen LogP) is 4.24. The molecule has 0 aromatic heterocycles. The van der Waals surface area contributed by atoms with Crippen molar-refractivity contribution in [1.29, 1.82) is 0 Å². The zero-order chi connectivity index (χ0) is 11.2. The minimum atomic E-state index is 0.912. The van der Waals surface area contributed by atoms with E-state index in [-0.39, 0.29) is 0 Å². The molecule has 0 unspecified atom stereocenters. The number of nitrogens with one attached hydrogen (secondary N) is 1. The van der Waals surface area contributed by atoms with Gasteiger partial charge in [-0.15, -0.1) is 0 Å². The molecule has 0 atom stereocenters. The Hall–Kier alpha value is -0.980. The summed E-state index contributed by atoms with van der Waals surface area (Å²) in [4.78, 5) is 0. The molecule has 1 fully saturated rings. The normalized spacial score (nSPS) is 16.6. The molecule has 1 N–H and O–H groups in total. The van der Waals surface area contributed by atoms with E-state index >= 15 is 0 Å². The van der Waals surface area contributed by atoms with Gasteiger partial charge in [0.25, 0.3) is 0 Å². The number of para-hydroxylation sites is 1. The van der Waals surface area contributed by atoms with Gasteiger partial charge in [-0.25, -0.2) is 0 Å². The average molecular weight is 217 g/mol. The van der Waals surface area contributed by atoms with Crippen molar-refractivity contribution in [1.82, 2.24) is 0 Å². The number of anilines is 1. The molecule has 88 valence electrons. The minimum absolute atomic E-state index is 0.912. The van der Waals surface area contributed by atoms with Crippen molar-refractivity contribution < 1.29 is 0 Å². The Morgan fingerprint density at radius 3 is 2.69 bits per heavy atom. The van der Waals surface area contributed by atoms with Crippen LogP contribution in [-0.2, 0) is 6.42 Å². The summed E-state index contributed by atoms with van der Waals surface area (Å²) in [7, 11) is 0. The quantitative estimate of drug-likeness (QED) is 0.777. The second kappa shape index (κ2) is 5.93. The zero-order valence-electron chi connectivity index (χ0n) is 10.3. The molecule has 1 saturated carbocycles. The van der Waals surface area contributed by atoms with Gasteiger partial charge in [-0.2, -0.15) is 0 Å². The third-order valence-electron chi connectivity index (χ3n) is 3.59. The summed E-state index contributed by atoms with van der Waals surface area (Å²) in [5, 5.41) is 3.64. The summed E-state index contributed by atoms with van der Waals surface area (Å²) in [5.74, 6) is 0.912. The van der Waals surface area contributed by atoms with Gasteiger partial charge in [0.1, 0.15) is 0 Å². The van der Waals surface area contributed by atoms with Crippen molar-refractivity contribution in [2.24, 2.45) is 5.92 Å². The first-order valence-electron chi connectivity index (χ1n) is 6.72. The molecule has 1 heteroatoms. The van der Waals surface area contributed by atoms with Gasteiger partial charge in [0.05, 0.1) is 0 Å². The molecule has 2 rings (SSSR count). The van der Waals surface area contributed by atoms with Crippen molar-refractivity contribution in [3.05, 3.63) is 29.8 Å². The lowest BCUT2D eigenvalue weighted by Crippen LogP contribution is -2.12. The molecule has 0 saturated heterocycles. The van der Waals surface area contributed by atoms with Crippen LogP contribution in [0.3, 0.4) is 0 Å². The molecule has 0 radical (unpaired) electrons. The highest BCUT2D eigenvalue weighted by molar-refractivity contribution is 5.51. The van der Waals surface area contributed by atoms with E-state index < -0.39 is 0 Å². The summed E-state index contributed by atoms with van der Waals surface area (Å²) in [5.41, 5.74) is 2.83. The summed E-state index contributed by atoms with van der Waals surface area (Å²) in [6.45, 7) is 3.41. The summed E-state index contributed by atoms with van der Waals surface area (Å²) in [6, 6.07) is 8.75. The van der Waals surface area contributed by atoms with Gasteiger partial charge in [0.2, 0.25) is 0 Å². The highest BCUT2D eigenvalue weighted by Crippen LogP contribution is 2.25. The Kier molecular flexibility index (Phi) is 4.26.